The van der Waals surface area contributed by atoms with E-state index in [0.717, 1.165) is 5.52 Å². The van der Waals surface area contributed by atoms with Gasteiger partial charge in [-0.3, -0.25) is 4.57 Å². The molecule has 0 aliphatic heterocycles. The van der Waals surface area contributed by atoms with Crippen molar-refractivity contribution < 1.29 is 14.9 Å². The third kappa shape index (κ3) is 3.25. The van der Waals surface area contributed by atoms with Crippen molar-refractivity contribution in [2.24, 2.45) is 0 Å². The SMILES string of the molecule is CN(C)c1nc2c(Cl)c(Cl)ccc2n1COC(CO)CO. The van der Waals surface area contributed by atoms with E-state index in [2.05, 4.69) is 4.98 Å². The summed E-state index contributed by atoms with van der Waals surface area (Å²) in [5.74, 6) is 0.642. The third-order valence-corrected chi connectivity index (χ3v) is 3.83. The van der Waals surface area contributed by atoms with E-state index < -0.39 is 6.10 Å². The molecule has 1 aromatic carbocycles. The van der Waals surface area contributed by atoms with Crippen LogP contribution in [0.4, 0.5) is 5.95 Å². The highest BCUT2D eigenvalue weighted by molar-refractivity contribution is 6.44. The van der Waals surface area contributed by atoms with E-state index in [1.165, 1.54) is 0 Å². The molecule has 0 saturated carbocycles. The fraction of sp³-hybridized carbons (Fsp3) is 0.462. The van der Waals surface area contributed by atoms with Crippen molar-refractivity contribution in [2.45, 2.75) is 12.8 Å². The van der Waals surface area contributed by atoms with E-state index in [-0.39, 0.29) is 19.9 Å². The average molecular weight is 334 g/mol. The number of halogens is 2. The third-order valence-electron chi connectivity index (χ3n) is 3.04. The zero-order valence-corrected chi connectivity index (χ0v) is 13.3. The second-order valence-electron chi connectivity index (χ2n) is 4.75. The van der Waals surface area contributed by atoms with Crippen molar-refractivity contribution in [2.75, 3.05) is 32.2 Å². The van der Waals surface area contributed by atoms with Crippen molar-refractivity contribution in [3.05, 3.63) is 22.2 Å². The van der Waals surface area contributed by atoms with Crippen LogP contribution in [0.15, 0.2) is 12.1 Å². The Kier molecular flexibility index (Phi) is 5.29. The first-order valence-electron chi connectivity index (χ1n) is 6.34. The molecule has 2 aromatic rings. The van der Waals surface area contributed by atoms with Crippen molar-refractivity contribution in [1.82, 2.24) is 9.55 Å². The number of nitrogens with zero attached hydrogens (tertiary/aromatic N) is 3. The minimum Gasteiger partial charge on any atom is -0.394 e. The number of aromatic nitrogens is 2. The van der Waals surface area contributed by atoms with Gasteiger partial charge in [-0.1, -0.05) is 23.2 Å². The molecule has 0 spiro atoms. The largest absolute Gasteiger partial charge is 0.394 e. The van der Waals surface area contributed by atoms with E-state index in [1.807, 2.05) is 19.0 Å². The van der Waals surface area contributed by atoms with Crippen LogP contribution in [0.3, 0.4) is 0 Å². The van der Waals surface area contributed by atoms with Gasteiger partial charge in [0.15, 0.2) is 0 Å². The van der Waals surface area contributed by atoms with Gasteiger partial charge in [-0.2, -0.15) is 0 Å². The van der Waals surface area contributed by atoms with Crippen LogP contribution in [0.1, 0.15) is 0 Å². The van der Waals surface area contributed by atoms with Crippen LogP contribution >= 0.6 is 23.2 Å². The molecule has 8 heteroatoms. The molecule has 6 nitrogen and oxygen atoms in total. The fourth-order valence-corrected chi connectivity index (χ4v) is 2.29. The Labute approximate surface area is 132 Å². The second-order valence-corrected chi connectivity index (χ2v) is 5.53. The first-order valence-corrected chi connectivity index (χ1v) is 7.10. The monoisotopic (exact) mass is 333 g/mol. The summed E-state index contributed by atoms with van der Waals surface area (Å²) in [5.41, 5.74) is 1.35. The highest BCUT2D eigenvalue weighted by atomic mass is 35.5. The normalized spacial score (nSPS) is 11.6. The standard InChI is InChI=1S/C13H17Cl2N3O3/c1-17(2)13-16-12-10(4-3-9(14)11(12)15)18(13)7-21-8(5-19)6-20/h3-4,8,19-20H,5-7H2,1-2H3. The molecule has 0 saturated heterocycles. The maximum Gasteiger partial charge on any atom is 0.208 e. The number of aliphatic hydroxyl groups is 2. The summed E-state index contributed by atoms with van der Waals surface area (Å²) in [6.07, 6.45) is -0.639. The summed E-state index contributed by atoms with van der Waals surface area (Å²) < 4.78 is 7.28. The summed E-state index contributed by atoms with van der Waals surface area (Å²) in [6.45, 7) is -0.381. The quantitative estimate of drug-likeness (QED) is 0.842. The van der Waals surface area contributed by atoms with E-state index in [1.54, 1.807) is 16.7 Å². The number of anilines is 1. The Balaban J connectivity index is 2.44. The molecule has 0 aliphatic rings. The van der Waals surface area contributed by atoms with Gasteiger partial charge < -0.3 is 19.8 Å². The summed E-state index contributed by atoms with van der Waals surface area (Å²) in [6, 6.07) is 3.50. The first kappa shape index (κ1) is 16.3. The smallest absolute Gasteiger partial charge is 0.208 e. The van der Waals surface area contributed by atoms with Crippen molar-refractivity contribution >= 4 is 40.2 Å². The van der Waals surface area contributed by atoms with Gasteiger partial charge in [-0.25, -0.2) is 4.98 Å². The molecule has 0 bridgehead atoms. The van der Waals surface area contributed by atoms with Gasteiger partial charge in [0.05, 0.1) is 28.8 Å². The Hall–Kier alpha value is -1.05. The molecule has 0 amide bonds. The van der Waals surface area contributed by atoms with Crippen LogP contribution in [0, 0.1) is 0 Å². The Morgan fingerprint density at radius 3 is 2.52 bits per heavy atom. The molecular formula is C13H17Cl2N3O3. The highest BCUT2D eigenvalue weighted by Gasteiger charge is 2.17. The lowest BCUT2D eigenvalue weighted by molar-refractivity contribution is -0.0482. The number of rotatable bonds is 6. The number of hydrogen-bond acceptors (Lipinski definition) is 5. The minimum atomic E-state index is -0.639. The Bertz CT molecular complexity index is 627. The molecule has 0 unspecified atom stereocenters. The lowest BCUT2D eigenvalue weighted by atomic mass is 10.3. The van der Waals surface area contributed by atoms with Crippen LogP contribution in [0.25, 0.3) is 11.0 Å². The molecular weight excluding hydrogens is 317 g/mol. The van der Waals surface area contributed by atoms with E-state index in [0.29, 0.717) is 21.5 Å². The van der Waals surface area contributed by atoms with Crippen LogP contribution in [-0.2, 0) is 11.5 Å². The van der Waals surface area contributed by atoms with Crippen molar-refractivity contribution in [3.8, 4) is 0 Å². The molecule has 116 valence electrons. The Morgan fingerprint density at radius 2 is 1.95 bits per heavy atom. The molecule has 1 heterocycles. The van der Waals surface area contributed by atoms with Gasteiger partial charge in [0.25, 0.3) is 0 Å². The number of fused-ring (bicyclic) bond motifs is 1. The molecule has 2 rings (SSSR count). The summed E-state index contributed by atoms with van der Waals surface area (Å²) in [7, 11) is 3.70. The van der Waals surface area contributed by atoms with Crippen LogP contribution < -0.4 is 4.90 Å². The zero-order chi connectivity index (χ0) is 15.6. The summed E-state index contributed by atoms with van der Waals surface area (Å²) in [4.78, 5) is 6.29. The predicted octanol–water partition coefficient (Wildman–Crippen LogP) is 1.74. The van der Waals surface area contributed by atoms with Gasteiger partial charge in [-0.15, -0.1) is 0 Å². The van der Waals surface area contributed by atoms with Crippen LogP contribution in [0.5, 0.6) is 0 Å². The number of hydrogen-bond donors (Lipinski definition) is 2. The second kappa shape index (κ2) is 6.81. The first-order chi connectivity index (χ1) is 9.99. The topological polar surface area (TPSA) is 70.8 Å². The van der Waals surface area contributed by atoms with Gasteiger partial charge >= 0.3 is 0 Å². The molecule has 0 radical (unpaired) electrons. The average Bonchev–Trinajstić information content (AvgIpc) is 2.84. The lowest BCUT2D eigenvalue weighted by Crippen LogP contribution is -2.24. The number of aliphatic hydroxyl groups excluding tert-OH is 2. The molecule has 0 atom stereocenters. The number of imidazole rings is 1. The number of ether oxygens (including phenoxy) is 1. The zero-order valence-electron chi connectivity index (χ0n) is 11.8. The van der Waals surface area contributed by atoms with Crippen molar-refractivity contribution in [1.29, 1.82) is 0 Å². The Morgan fingerprint density at radius 1 is 1.29 bits per heavy atom. The van der Waals surface area contributed by atoms with Gasteiger partial charge in [0.1, 0.15) is 18.4 Å². The lowest BCUT2D eigenvalue weighted by Gasteiger charge is -2.18. The van der Waals surface area contributed by atoms with Crippen LogP contribution in [0.2, 0.25) is 10.0 Å². The van der Waals surface area contributed by atoms with Gasteiger partial charge in [-0.05, 0) is 12.1 Å². The van der Waals surface area contributed by atoms with E-state index in [4.69, 9.17) is 38.2 Å². The van der Waals surface area contributed by atoms with E-state index in [9.17, 15) is 0 Å². The maximum absolute atomic E-state index is 9.07. The summed E-state index contributed by atoms with van der Waals surface area (Å²) in [5, 5.41) is 19.0. The molecule has 0 fully saturated rings. The number of benzene rings is 1. The molecule has 1 aromatic heterocycles. The van der Waals surface area contributed by atoms with Crippen molar-refractivity contribution in [3.63, 3.8) is 0 Å². The fourth-order valence-electron chi connectivity index (χ4n) is 1.93. The van der Waals surface area contributed by atoms with Gasteiger partial charge in [0, 0.05) is 14.1 Å². The maximum atomic E-state index is 9.07. The predicted molar refractivity (Wildman–Crippen MR) is 83.1 cm³/mol. The summed E-state index contributed by atoms with van der Waals surface area (Å²) >= 11 is 12.2. The van der Waals surface area contributed by atoms with Gasteiger partial charge in [0.2, 0.25) is 5.95 Å². The minimum absolute atomic E-state index is 0.133. The highest BCUT2D eigenvalue weighted by Crippen LogP contribution is 2.32. The molecule has 2 N–H and O–H groups in total. The molecule has 0 aliphatic carbocycles. The van der Waals surface area contributed by atoms with E-state index >= 15 is 0 Å². The molecule has 21 heavy (non-hydrogen) atoms. The van der Waals surface area contributed by atoms with Crippen LogP contribution in [-0.4, -0.2) is 53.2 Å².